The first-order valence-corrected chi connectivity index (χ1v) is 12.5. The molecule has 0 radical (unpaired) electrons. The van der Waals surface area contributed by atoms with E-state index in [1.165, 1.54) is 11.6 Å². The molecule has 2 aliphatic rings. The van der Waals surface area contributed by atoms with Gasteiger partial charge in [0, 0.05) is 23.2 Å². The van der Waals surface area contributed by atoms with Gasteiger partial charge in [-0.1, -0.05) is 68.0 Å². The molecule has 7 nitrogen and oxygen atoms in total. The average molecular weight is 508 g/mol. The van der Waals surface area contributed by atoms with Crippen LogP contribution in [0.2, 0.25) is 0 Å². The monoisotopic (exact) mass is 507 g/mol. The minimum absolute atomic E-state index is 0.0302. The molecule has 38 heavy (non-hydrogen) atoms. The summed E-state index contributed by atoms with van der Waals surface area (Å²) in [5.41, 5.74) is 6.70. The highest BCUT2D eigenvalue weighted by Gasteiger charge is 2.41. The van der Waals surface area contributed by atoms with Gasteiger partial charge in [-0.25, -0.2) is 4.79 Å². The third-order valence-corrected chi connectivity index (χ3v) is 7.02. The fraction of sp³-hybridized carbons (Fsp3) is 0.194. The highest BCUT2D eigenvalue weighted by atomic mass is 16.4. The van der Waals surface area contributed by atoms with Gasteiger partial charge >= 0.3 is 5.97 Å². The summed E-state index contributed by atoms with van der Waals surface area (Å²) in [6.45, 7) is 6.16. The maximum atomic E-state index is 13.7. The summed E-state index contributed by atoms with van der Waals surface area (Å²) < 4.78 is 0. The molecule has 0 spiro atoms. The fourth-order valence-electron chi connectivity index (χ4n) is 4.84. The van der Waals surface area contributed by atoms with Crippen molar-refractivity contribution in [2.45, 2.75) is 38.6 Å². The van der Waals surface area contributed by atoms with Gasteiger partial charge in [0.1, 0.15) is 5.75 Å². The van der Waals surface area contributed by atoms with E-state index in [1.807, 2.05) is 49.4 Å². The molecule has 1 aliphatic carbocycles. The van der Waals surface area contributed by atoms with Crippen LogP contribution in [-0.4, -0.2) is 33.3 Å². The van der Waals surface area contributed by atoms with E-state index in [-0.39, 0.29) is 23.8 Å². The van der Waals surface area contributed by atoms with Crippen molar-refractivity contribution in [2.75, 3.05) is 4.90 Å². The average Bonchev–Trinajstić information content (AvgIpc) is 3.18. The molecule has 0 fully saturated rings. The van der Waals surface area contributed by atoms with Crippen molar-refractivity contribution in [1.29, 1.82) is 0 Å². The molecule has 5 rings (SSSR count). The Morgan fingerprint density at radius 3 is 2.47 bits per heavy atom. The van der Waals surface area contributed by atoms with E-state index in [1.54, 1.807) is 41.3 Å². The van der Waals surface area contributed by atoms with Crippen LogP contribution >= 0.6 is 0 Å². The second-order valence-electron chi connectivity index (χ2n) is 10.0. The molecule has 192 valence electrons. The zero-order chi connectivity index (χ0) is 27.0. The lowest BCUT2D eigenvalue weighted by molar-refractivity contribution is -0.142. The number of rotatable bonds is 6. The van der Waals surface area contributed by atoms with Gasteiger partial charge in [0.2, 0.25) is 0 Å². The number of fused-ring (bicyclic) bond motifs is 1. The maximum absolute atomic E-state index is 13.7. The number of para-hydroxylation sites is 1. The number of aryl methyl sites for hydroxylation is 1. The molecule has 1 atom stereocenters. The zero-order valence-electron chi connectivity index (χ0n) is 21.5. The first-order chi connectivity index (χ1) is 18.2. The highest BCUT2D eigenvalue weighted by Crippen LogP contribution is 2.38. The summed E-state index contributed by atoms with van der Waals surface area (Å²) in [5.74, 6) is -1.06. The van der Waals surface area contributed by atoms with Crippen molar-refractivity contribution in [3.8, 4) is 5.75 Å². The number of hydrazone groups is 1. The molecule has 3 N–H and O–H groups in total. The van der Waals surface area contributed by atoms with Crippen molar-refractivity contribution in [3.05, 3.63) is 107 Å². The number of aromatic hydroxyl groups is 1. The van der Waals surface area contributed by atoms with Crippen LogP contribution in [0.15, 0.2) is 90.1 Å². The van der Waals surface area contributed by atoms with E-state index in [0.717, 1.165) is 5.56 Å². The summed E-state index contributed by atoms with van der Waals surface area (Å²) in [7, 11) is 0. The van der Waals surface area contributed by atoms with Crippen LogP contribution in [0, 0.1) is 6.92 Å². The quantitative estimate of drug-likeness (QED) is 0.374. The van der Waals surface area contributed by atoms with Crippen LogP contribution in [0.1, 0.15) is 48.4 Å². The molecule has 0 saturated carbocycles. The largest absolute Gasteiger partial charge is 0.507 e. The molecule has 1 unspecified atom stereocenters. The predicted octanol–water partition coefficient (Wildman–Crippen LogP) is 5.66. The van der Waals surface area contributed by atoms with Gasteiger partial charge in [-0.3, -0.25) is 15.1 Å². The number of hydrogen-bond acceptors (Lipinski definition) is 5. The number of nitrogens with zero attached hydrogens (tertiary/aromatic N) is 2. The van der Waals surface area contributed by atoms with Crippen LogP contribution in [0.5, 0.6) is 5.75 Å². The van der Waals surface area contributed by atoms with Crippen LogP contribution in [0.4, 0.5) is 11.4 Å². The topological polar surface area (TPSA) is 102 Å². The van der Waals surface area contributed by atoms with Gasteiger partial charge in [0.15, 0.2) is 11.3 Å². The molecule has 1 aliphatic heterocycles. The number of carbonyl (C=O) groups is 2. The van der Waals surface area contributed by atoms with Crippen molar-refractivity contribution in [1.82, 2.24) is 5.43 Å². The molecule has 0 saturated heterocycles. The van der Waals surface area contributed by atoms with Crippen molar-refractivity contribution in [2.24, 2.45) is 5.10 Å². The number of anilines is 2. The van der Waals surface area contributed by atoms with E-state index in [0.29, 0.717) is 34.0 Å². The Morgan fingerprint density at radius 1 is 1.05 bits per heavy atom. The van der Waals surface area contributed by atoms with E-state index in [9.17, 15) is 19.8 Å². The van der Waals surface area contributed by atoms with Crippen LogP contribution in [0.25, 0.3) is 5.57 Å². The van der Waals surface area contributed by atoms with E-state index in [2.05, 4.69) is 24.4 Å². The molecule has 1 heterocycles. The summed E-state index contributed by atoms with van der Waals surface area (Å²) >= 11 is 0. The van der Waals surface area contributed by atoms with Crippen molar-refractivity contribution < 1.29 is 19.8 Å². The first-order valence-electron chi connectivity index (χ1n) is 12.5. The van der Waals surface area contributed by atoms with Crippen LogP contribution in [-0.2, 0) is 9.59 Å². The van der Waals surface area contributed by atoms with Gasteiger partial charge in [-0.2, -0.15) is 5.10 Å². The Kier molecular flexibility index (Phi) is 6.36. The highest BCUT2D eigenvalue weighted by molar-refractivity contribution is 6.55. The molecule has 1 amide bonds. The van der Waals surface area contributed by atoms with Crippen LogP contribution in [0.3, 0.4) is 0 Å². The van der Waals surface area contributed by atoms with Crippen molar-refractivity contribution in [3.63, 3.8) is 0 Å². The van der Waals surface area contributed by atoms with E-state index >= 15 is 0 Å². The lowest BCUT2D eigenvalue weighted by Gasteiger charge is -2.29. The third kappa shape index (κ3) is 4.36. The van der Waals surface area contributed by atoms with Gasteiger partial charge in [-0.15, -0.1) is 0 Å². The molecular formula is C31H29N3O4. The summed E-state index contributed by atoms with van der Waals surface area (Å²) in [5, 5.41) is 25.0. The van der Waals surface area contributed by atoms with Crippen LogP contribution < -0.4 is 10.3 Å². The standard InChI is InChI=1S/C31H29N3O4/c1-19(2)21-11-13-23(14-12-21)34-26-15-10-20(3)17-25(26)28(29(34)36)32-33-31(30(37)38)16-6-7-22(18-31)24-8-4-5-9-27(24)35/h4-17,19,33,35H,18H2,1-3H3,(H,37,38). The Hall–Kier alpha value is -4.65. The molecule has 3 aromatic rings. The minimum Gasteiger partial charge on any atom is -0.507 e. The van der Waals surface area contributed by atoms with Gasteiger partial charge in [0.25, 0.3) is 5.91 Å². The maximum Gasteiger partial charge on any atom is 0.335 e. The normalized spacial score (nSPS) is 19.6. The number of carboxylic acid groups (broad SMARTS) is 1. The van der Waals surface area contributed by atoms with Crippen molar-refractivity contribution >= 4 is 34.5 Å². The first kappa shape index (κ1) is 25.0. The van der Waals surface area contributed by atoms with Gasteiger partial charge in [-0.05, 0) is 60.4 Å². The smallest absolute Gasteiger partial charge is 0.335 e. The Labute approximate surface area is 221 Å². The zero-order valence-corrected chi connectivity index (χ0v) is 21.5. The predicted molar refractivity (Wildman–Crippen MR) is 149 cm³/mol. The Balaban J connectivity index is 1.51. The number of carboxylic acids is 1. The number of phenols is 1. The Morgan fingerprint density at radius 2 is 1.79 bits per heavy atom. The second kappa shape index (κ2) is 9.67. The number of allylic oxidation sites excluding steroid dienone is 2. The van der Waals surface area contributed by atoms with E-state index < -0.39 is 11.5 Å². The number of carbonyl (C=O) groups excluding carboxylic acids is 1. The number of hydrogen-bond donors (Lipinski definition) is 3. The molecule has 7 heteroatoms. The van der Waals surface area contributed by atoms with Gasteiger partial charge < -0.3 is 10.2 Å². The summed E-state index contributed by atoms with van der Waals surface area (Å²) in [6, 6.07) is 20.3. The lowest BCUT2D eigenvalue weighted by atomic mass is 9.84. The SMILES string of the molecule is Cc1ccc2c(c1)C(=NNC1(C(=O)O)C=CC=C(c3ccccc3O)C1)C(=O)N2c1ccc(C(C)C)cc1. The lowest BCUT2D eigenvalue weighted by Crippen LogP contribution is -2.49. The summed E-state index contributed by atoms with van der Waals surface area (Å²) in [6.07, 6.45) is 4.95. The summed E-state index contributed by atoms with van der Waals surface area (Å²) in [4.78, 5) is 27.9. The molecule has 3 aromatic carbocycles. The number of amides is 1. The minimum atomic E-state index is -1.60. The number of benzene rings is 3. The third-order valence-electron chi connectivity index (χ3n) is 7.02. The number of phenolic OH excluding ortho intramolecular Hbond substituents is 1. The fourth-order valence-corrected chi connectivity index (χ4v) is 4.84. The Bertz CT molecular complexity index is 1520. The van der Waals surface area contributed by atoms with E-state index in [4.69, 9.17) is 0 Å². The molecular weight excluding hydrogens is 478 g/mol. The second-order valence-corrected chi connectivity index (χ2v) is 10.0. The van der Waals surface area contributed by atoms with Gasteiger partial charge in [0.05, 0.1) is 5.69 Å². The molecule has 0 aromatic heterocycles. The number of nitrogens with one attached hydrogen (secondary N) is 1. The number of aliphatic carboxylic acids is 1. The molecule has 0 bridgehead atoms.